The Bertz CT molecular complexity index is 1690. The summed E-state index contributed by atoms with van der Waals surface area (Å²) in [7, 11) is 1.69. The molecule has 0 radical (unpaired) electrons. The van der Waals surface area contributed by atoms with Crippen LogP contribution in [0, 0.1) is 25.2 Å². The molecule has 0 amide bonds. The van der Waals surface area contributed by atoms with E-state index in [1.54, 1.807) is 7.11 Å². The summed E-state index contributed by atoms with van der Waals surface area (Å²) >= 11 is 0. The second-order valence-corrected chi connectivity index (χ2v) is 10.8. The highest BCUT2D eigenvalue weighted by molar-refractivity contribution is 5.84. The van der Waals surface area contributed by atoms with Crippen LogP contribution in [0.25, 0.3) is 33.1 Å². The van der Waals surface area contributed by atoms with E-state index in [0.717, 1.165) is 70.2 Å². The predicted octanol–water partition coefficient (Wildman–Crippen LogP) is 6.54. The van der Waals surface area contributed by atoms with Crippen LogP contribution in [0.3, 0.4) is 0 Å². The molecule has 0 spiro atoms. The van der Waals surface area contributed by atoms with Crippen molar-refractivity contribution in [2.45, 2.75) is 39.5 Å². The van der Waals surface area contributed by atoms with Crippen LogP contribution in [-0.4, -0.2) is 33.7 Å². The zero-order valence-corrected chi connectivity index (χ0v) is 21.6. The third-order valence-electron chi connectivity index (χ3n) is 8.44. The molecule has 6 heteroatoms. The average Bonchev–Trinajstić information content (AvgIpc) is 3.23. The van der Waals surface area contributed by atoms with E-state index in [0.29, 0.717) is 11.8 Å². The third-order valence-corrected chi connectivity index (χ3v) is 8.44. The van der Waals surface area contributed by atoms with Gasteiger partial charge in [0.2, 0.25) is 0 Å². The zero-order valence-electron chi connectivity index (χ0n) is 21.6. The fourth-order valence-electron chi connectivity index (χ4n) is 6.58. The maximum Gasteiger partial charge on any atom is 0.126 e. The highest BCUT2D eigenvalue weighted by Gasteiger charge is 2.62. The van der Waals surface area contributed by atoms with Gasteiger partial charge in [-0.15, -0.1) is 0 Å². The van der Waals surface area contributed by atoms with E-state index in [2.05, 4.69) is 59.4 Å². The summed E-state index contributed by atoms with van der Waals surface area (Å²) in [5, 5.41) is 1.13. The topological polar surface area (TPSA) is 72.9 Å². The highest BCUT2D eigenvalue weighted by atomic mass is 16.5. The SMILES string of the molecule is COc1ccc2c(C3C4CCOc5ccc(-c6ccc7nc(C)[nH]c7c6)cc5CC43C)nc(C)nc2c1. The molecule has 37 heavy (non-hydrogen) atoms. The van der Waals surface area contributed by atoms with Crippen LogP contribution in [-0.2, 0) is 6.42 Å². The molecule has 1 fully saturated rings. The molecule has 7 rings (SSSR count). The molecular formula is C31H30N4O2. The van der Waals surface area contributed by atoms with E-state index >= 15 is 0 Å². The van der Waals surface area contributed by atoms with E-state index < -0.39 is 0 Å². The summed E-state index contributed by atoms with van der Waals surface area (Å²) in [6.07, 6.45) is 1.98. The molecule has 1 N–H and O–H groups in total. The van der Waals surface area contributed by atoms with E-state index in [-0.39, 0.29) is 5.41 Å². The van der Waals surface area contributed by atoms with E-state index in [1.807, 2.05) is 26.0 Å². The predicted molar refractivity (Wildman–Crippen MR) is 145 cm³/mol. The first-order chi connectivity index (χ1) is 17.9. The van der Waals surface area contributed by atoms with Crippen LogP contribution in [0.15, 0.2) is 54.6 Å². The molecular weight excluding hydrogens is 460 g/mol. The second kappa shape index (κ2) is 8.04. The van der Waals surface area contributed by atoms with Crippen molar-refractivity contribution in [3.05, 3.63) is 77.5 Å². The molecule has 5 aromatic rings. The molecule has 3 unspecified atom stereocenters. The summed E-state index contributed by atoms with van der Waals surface area (Å²) < 4.78 is 11.7. The van der Waals surface area contributed by atoms with Crippen molar-refractivity contribution in [1.29, 1.82) is 0 Å². The van der Waals surface area contributed by atoms with Gasteiger partial charge < -0.3 is 14.5 Å². The number of benzene rings is 3. The number of aromatic amines is 1. The minimum absolute atomic E-state index is 0.120. The van der Waals surface area contributed by atoms with Crippen molar-refractivity contribution >= 4 is 21.9 Å². The van der Waals surface area contributed by atoms with Crippen LogP contribution in [0.2, 0.25) is 0 Å². The number of hydrogen-bond acceptors (Lipinski definition) is 5. The second-order valence-electron chi connectivity index (χ2n) is 10.8. The van der Waals surface area contributed by atoms with Gasteiger partial charge in [-0.2, -0.15) is 0 Å². The first kappa shape index (κ1) is 22.3. The first-order valence-corrected chi connectivity index (χ1v) is 13.0. The molecule has 3 heterocycles. The van der Waals surface area contributed by atoms with Crippen molar-refractivity contribution in [3.63, 3.8) is 0 Å². The van der Waals surface area contributed by atoms with Gasteiger partial charge in [-0.3, -0.25) is 0 Å². The van der Waals surface area contributed by atoms with E-state index in [4.69, 9.17) is 19.4 Å². The fraction of sp³-hybridized carbons (Fsp3) is 0.323. The van der Waals surface area contributed by atoms with Gasteiger partial charge in [0, 0.05) is 17.4 Å². The number of hydrogen-bond donors (Lipinski definition) is 1. The Morgan fingerprint density at radius 3 is 2.65 bits per heavy atom. The minimum Gasteiger partial charge on any atom is -0.497 e. The zero-order chi connectivity index (χ0) is 25.3. The lowest BCUT2D eigenvalue weighted by atomic mass is 9.90. The van der Waals surface area contributed by atoms with Gasteiger partial charge in [-0.05, 0) is 91.1 Å². The number of aryl methyl sites for hydroxylation is 2. The molecule has 0 bridgehead atoms. The van der Waals surface area contributed by atoms with Gasteiger partial charge in [0.05, 0.1) is 36.0 Å². The van der Waals surface area contributed by atoms with Crippen LogP contribution in [0.4, 0.5) is 0 Å². The average molecular weight is 491 g/mol. The molecule has 2 aromatic heterocycles. The molecule has 3 atom stereocenters. The number of ether oxygens (including phenoxy) is 2. The molecule has 1 aliphatic heterocycles. The molecule has 0 saturated heterocycles. The smallest absolute Gasteiger partial charge is 0.126 e. The Labute approximate surface area is 216 Å². The van der Waals surface area contributed by atoms with Gasteiger partial charge in [0.25, 0.3) is 0 Å². The number of aromatic nitrogens is 4. The number of methoxy groups -OCH3 is 1. The lowest BCUT2D eigenvalue weighted by molar-refractivity contribution is 0.274. The Kier molecular flexibility index (Phi) is 4.84. The minimum atomic E-state index is 0.120. The summed E-state index contributed by atoms with van der Waals surface area (Å²) in [5.41, 5.74) is 7.95. The van der Waals surface area contributed by atoms with Gasteiger partial charge in [-0.25, -0.2) is 15.0 Å². The van der Waals surface area contributed by atoms with Crippen molar-refractivity contribution in [2.75, 3.05) is 13.7 Å². The van der Waals surface area contributed by atoms with E-state index in [9.17, 15) is 0 Å². The Balaban J connectivity index is 1.27. The number of H-pyrrole nitrogens is 1. The van der Waals surface area contributed by atoms with Gasteiger partial charge >= 0.3 is 0 Å². The molecule has 6 nitrogen and oxygen atoms in total. The maximum atomic E-state index is 6.30. The van der Waals surface area contributed by atoms with Crippen molar-refractivity contribution in [3.8, 4) is 22.6 Å². The molecule has 2 aliphatic rings. The fourth-order valence-corrected chi connectivity index (χ4v) is 6.58. The van der Waals surface area contributed by atoms with Crippen LogP contribution < -0.4 is 9.47 Å². The summed E-state index contributed by atoms with van der Waals surface area (Å²) in [5.74, 6) is 4.45. The van der Waals surface area contributed by atoms with Gasteiger partial charge in [0.1, 0.15) is 23.1 Å². The highest BCUT2D eigenvalue weighted by Crippen LogP contribution is 2.68. The largest absolute Gasteiger partial charge is 0.497 e. The number of rotatable bonds is 3. The number of nitrogens with one attached hydrogen (secondary N) is 1. The quantitative estimate of drug-likeness (QED) is 0.311. The molecule has 3 aromatic carbocycles. The van der Waals surface area contributed by atoms with Crippen LogP contribution in [0.5, 0.6) is 11.5 Å². The van der Waals surface area contributed by atoms with Crippen LogP contribution >= 0.6 is 0 Å². The number of nitrogens with zero attached hydrogens (tertiary/aromatic N) is 3. The third kappa shape index (κ3) is 3.57. The Morgan fingerprint density at radius 2 is 1.78 bits per heavy atom. The first-order valence-electron chi connectivity index (χ1n) is 13.0. The van der Waals surface area contributed by atoms with Gasteiger partial charge in [0.15, 0.2) is 0 Å². The molecule has 186 valence electrons. The standard InChI is InChI=1S/C31H30N4O2/c1-17-32-25-9-5-20(14-27(25)34-17)19-6-10-28-21(13-19)16-31(3)24(11-12-37-28)29(31)30-23-8-7-22(36-4)15-26(23)33-18(2)35-30/h5-10,13-15,24,29H,11-12,16H2,1-4H3,(H,32,34). The number of imidazole rings is 1. The Hall–Kier alpha value is -3.93. The molecule has 1 saturated carbocycles. The lowest BCUT2D eigenvalue weighted by Gasteiger charge is -2.20. The summed E-state index contributed by atoms with van der Waals surface area (Å²) in [6, 6.07) is 19.2. The van der Waals surface area contributed by atoms with Crippen molar-refractivity contribution < 1.29 is 9.47 Å². The molecule has 1 aliphatic carbocycles. The monoisotopic (exact) mass is 490 g/mol. The van der Waals surface area contributed by atoms with Crippen molar-refractivity contribution in [1.82, 2.24) is 19.9 Å². The van der Waals surface area contributed by atoms with Gasteiger partial charge in [-0.1, -0.05) is 19.1 Å². The summed E-state index contributed by atoms with van der Waals surface area (Å²) in [6.45, 7) is 7.12. The summed E-state index contributed by atoms with van der Waals surface area (Å²) in [4.78, 5) is 17.6. The van der Waals surface area contributed by atoms with Crippen molar-refractivity contribution in [2.24, 2.45) is 11.3 Å². The maximum absolute atomic E-state index is 6.30. The van der Waals surface area contributed by atoms with Crippen LogP contribution in [0.1, 0.15) is 42.2 Å². The normalized spacial score (nSPS) is 22.6. The number of fused-ring (bicyclic) bond motifs is 4. The van der Waals surface area contributed by atoms with E-state index in [1.165, 1.54) is 16.7 Å². The Morgan fingerprint density at radius 1 is 0.946 bits per heavy atom. The lowest BCUT2D eigenvalue weighted by Crippen LogP contribution is -2.12.